The molecule has 38 heavy (non-hydrogen) atoms. The highest BCUT2D eigenvalue weighted by atomic mass is 16.4. The van der Waals surface area contributed by atoms with Gasteiger partial charge in [-0.25, -0.2) is 4.79 Å². The minimum Gasteiger partial charge on any atom is -0.480 e. The number of carboxylic acid groups (broad SMARTS) is 1. The summed E-state index contributed by atoms with van der Waals surface area (Å²) in [5.74, 6) is -0.869. The Bertz CT molecular complexity index is 1360. The molecule has 0 radical (unpaired) electrons. The molecule has 2 N–H and O–H groups in total. The maximum absolute atomic E-state index is 13.0. The van der Waals surface area contributed by atoms with E-state index in [4.69, 9.17) is 0 Å². The number of nitrogens with one attached hydrogen (secondary N) is 1. The van der Waals surface area contributed by atoms with Crippen LogP contribution in [-0.2, 0) is 16.1 Å². The van der Waals surface area contributed by atoms with Crippen molar-refractivity contribution in [3.8, 4) is 33.8 Å². The molecule has 1 amide bonds. The van der Waals surface area contributed by atoms with E-state index in [1.165, 1.54) is 4.90 Å². The van der Waals surface area contributed by atoms with Crippen LogP contribution in [0, 0.1) is 5.92 Å². The van der Waals surface area contributed by atoms with Crippen LogP contribution >= 0.6 is 0 Å². The van der Waals surface area contributed by atoms with E-state index in [2.05, 4.69) is 25.6 Å². The van der Waals surface area contributed by atoms with Gasteiger partial charge in [-0.05, 0) is 58.5 Å². The lowest BCUT2D eigenvalue weighted by Gasteiger charge is -2.32. The molecule has 0 fully saturated rings. The van der Waals surface area contributed by atoms with Gasteiger partial charge in [0.2, 0.25) is 11.7 Å². The van der Waals surface area contributed by atoms with E-state index in [9.17, 15) is 14.7 Å². The van der Waals surface area contributed by atoms with Crippen LogP contribution < -0.4 is 0 Å². The number of carboxylic acids is 1. The van der Waals surface area contributed by atoms with Crippen LogP contribution in [0.1, 0.15) is 45.6 Å². The highest BCUT2D eigenvalue weighted by molar-refractivity contribution is 5.85. The third-order valence-corrected chi connectivity index (χ3v) is 6.47. The standard InChI is InChI=1S/C29H32N6O3/c1-4-5-9-26(36)35(27(19(2)3)29(37)38)18-20-10-12-21(13-11-20)24-17-22(25-8-6-7-16-30-25)14-15-23(24)28-31-33-34-32-28/h6-8,10-17,19,27H,4-5,9,18H2,1-3H3,(H,37,38)(H,31,32,33,34). The number of pyridine rings is 1. The van der Waals surface area contributed by atoms with E-state index >= 15 is 0 Å². The SMILES string of the molecule is CCCCC(=O)N(Cc1ccc(-c2cc(-c3ccccn3)ccc2-c2nn[nH]n2)cc1)C(C(=O)O)C(C)C. The van der Waals surface area contributed by atoms with Gasteiger partial charge in [-0.15, -0.1) is 10.2 Å². The first-order valence-electron chi connectivity index (χ1n) is 12.8. The summed E-state index contributed by atoms with van der Waals surface area (Å²) in [5, 5.41) is 24.4. The number of tetrazole rings is 1. The number of nitrogens with zero attached hydrogens (tertiary/aromatic N) is 5. The summed E-state index contributed by atoms with van der Waals surface area (Å²) >= 11 is 0. The van der Waals surface area contributed by atoms with Gasteiger partial charge in [-0.3, -0.25) is 9.78 Å². The van der Waals surface area contributed by atoms with E-state index in [1.807, 2.05) is 81.4 Å². The summed E-state index contributed by atoms with van der Waals surface area (Å²) in [6.07, 6.45) is 3.68. The Labute approximate surface area is 221 Å². The Morgan fingerprint density at radius 1 is 1.00 bits per heavy atom. The quantitative estimate of drug-likeness (QED) is 0.282. The minimum absolute atomic E-state index is 0.139. The number of rotatable bonds is 11. The first kappa shape index (κ1) is 26.7. The number of carbonyl (C=O) groups is 2. The molecule has 1 atom stereocenters. The van der Waals surface area contributed by atoms with Crippen LogP contribution in [0.15, 0.2) is 66.9 Å². The van der Waals surface area contributed by atoms with Gasteiger partial charge >= 0.3 is 5.97 Å². The summed E-state index contributed by atoms with van der Waals surface area (Å²) in [6, 6.07) is 18.7. The highest BCUT2D eigenvalue weighted by Crippen LogP contribution is 2.34. The molecule has 4 aromatic rings. The van der Waals surface area contributed by atoms with E-state index in [0.29, 0.717) is 12.2 Å². The Balaban J connectivity index is 1.68. The zero-order valence-electron chi connectivity index (χ0n) is 21.8. The van der Waals surface area contributed by atoms with Crippen molar-refractivity contribution in [2.24, 2.45) is 5.92 Å². The Morgan fingerprint density at radius 2 is 1.76 bits per heavy atom. The third-order valence-electron chi connectivity index (χ3n) is 6.47. The van der Waals surface area contributed by atoms with Crippen molar-refractivity contribution < 1.29 is 14.7 Å². The summed E-state index contributed by atoms with van der Waals surface area (Å²) in [5.41, 5.74) is 5.29. The predicted octanol–water partition coefficient (Wildman–Crippen LogP) is 5.22. The molecule has 196 valence electrons. The second kappa shape index (κ2) is 12.2. The zero-order chi connectivity index (χ0) is 27.1. The van der Waals surface area contributed by atoms with Crippen LogP contribution in [-0.4, -0.2) is 53.5 Å². The largest absolute Gasteiger partial charge is 0.480 e. The molecule has 1 unspecified atom stereocenters. The maximum Gasteiger partial charge on any atom is 0.326 e. The van der Waals surface area contributed by atoms with Crippen molar-refractivity contribution in [2.75, 3.05) is 0 Å². The topological polar surface area (TPSA) is 125 Å². The fraction of sp³-hybridized carbons (Fsp3) is 0.310. The van der Waals surface area contributed by atoms with Gasteiger partial charge < -0.3 is 10.0 Å². The molecular formula is C29H32N6O3. The second-order valence-corrected chi connectivity index (χ2v) is 9.56. The Kier molecular flexibility index (Phi) is 8.58. The highest BCUT2D eigenvalue weighted by Gasteiger charge is 2.32. The van der Waals surface area contributed by atoms with E-state index in [1.54, 1.807) is 6.20 Å². The van der Waals surface area contributed by atoms with Crippen molar-refractivity contribution in [1.29, 1.82) is 0 Å². The summed E-state index contributed by atoms with van der Waals surface area (Å²) in [4.78, 5) is 31.1. The molecule has 2 heterocycles. The zero-order valence-corrected chi connectivity index (χ0v) is 21.8. The first-order valence-corrected chi connectivity index (χ1v) is 12.8. The number of H-pyrrole nitrogens is 1. The van der Waals surface area contributed by atoms with Crippen molar-refractivity contribution >= 4 is 11.9 Å². The normalized spacial score (nSPS) is 11.9. The molecule has 0 spiro atoms. The lowest BCUT2D eigenvalue weighted by Crippen LogP contribution is -2.47. The third kappa shape index (κ3) is 6.11. The molecule has 0 aliphatic heterocycles. The summed E-state index contributed by atoms with van der Waals surface area (Å²) < 4.78 is 0. The molecular weight excluding hydrogens is 480 g/mol. The average molecular weight is 513 g/mol. The van der Waals surface area contributed by atoms with E-state index < -0.39 is 12.0 Å². The van der Waals surface area contributed by atoms with Gasteiger partial charge in [0.1, 0.15) is 6.04 Å². The van der Waals surface area contributed by atoms with Crippen molar-refractivity contribution in [2.45, 2.75) is 52.6 Å². The number of aliphatic carboxylic acids is 1. The minimum atomic E-state index is -0.988. The number of amides is 1. The molecule has 0 saturated heterocycles. The predicted molar refractivity (Wildman–Crippen MR) is 145 cm³/mol. The number of aromatic nitrogens is 5. The Morgan fingerprint density at radius 3 is 2.37 bits per heavy atom. The van der Waals surface area contributed by atoms with Crippen molar-refractivity contribution in [1.82, 2.24) is 30.5 Å². The fourth-order valence-corrected chi connectivity index (χ4v) is 4.52. The van der Waals surface area contributed by atoms with E-state index in [-0.39, 0.29) is 18.4 Å². The molecule has 0 saturated carbocycles. The number of hydrogen-bond donors (Lipinski definition) is 2. The van der Waals surface area contributed by atoms with Crippen LogP contribution in [0.2, 0.25) is 0 Å². The fourth-order valence-electron chi connectivity index (χ4n) is 4.52. The van der Waals surface area contributed by atoms with Crippen LogP contribution in [0.5, 0.6) is 0 Å². The first-order chi connectivity index (χ1) is 18.4. The number of unbranched alkanes of at least 4 members (excludes halogenated alkanes) is 1. The monoisotopic (exact) mass is 512 g/mol. The van der Waals surface area contributed by atoms with Crippen LogP contribution in [0.4, 0.5) is 0 Å². The van der Waals surface area contributed by atoms with Gasteiger partial charge in [0, 0.05) is 30.3 Å². The molecule has 2 aromatic heterocycles. The molecule has 2 aromatic carbocycles. The van der Waals surface area contributed by atoms with Gasteiger partial charge in [0.15, 0.2) is 0 Å². The summed E-state index contributed by atoms with van der Waals surface area (Å²) in [7, 11) is 0. The van der Waals surface area contributed by atoms with Crippen molar-refractivity contribution in [3.63, 3.8) is 0 Å². The smallest absolute Gasteiger partial charge is 0.326 e. The molecule has 9 nitrogen and oxygen atoms in total. The lowest BCUT2D eigenvalue weighted by molar-refractivity contribution is -0.153. The van der Waals surface area contributed by atoms with Gasteiger partial charge in [-0.1, -0.05) is 63.6 Å². The number of hydrogen-bond acceptors (Lipinski definition) is 6. The molecule has 4 rings (SSSR count). The molecule has 0 bridgehead atoms. The number of benzene rings is 2. The molecule has 9 heteroatoms. The van der Waals surface area contributed by atoms with Crippen molar-refractivity contribution in [3.05, 3.63) is 72.4 Å². The maximum atomic E-state index is 13.0. The lowest BCUT2D eigenvalue weighted by atomic mass is 9.94. The van der Waals surface area contributed by atoms with Gasteiger partial charge in [0.05, 0.1) is 5.69 Å². The van der Waals surface area contributed by atoms with Crippen LogP contribution in [0.3, 0.4) is 0 Å². The number of carbonyl (C=O) groups excluding carboxylic acids is 1. The van der Waals surface area contributed by atoms with E-state index in [0.717, 1.165) is 46.4 Å². The average Bonchev–Trinajstić information content (AvgIpc) is 3.46. The van der Waals surface area contributed by atoms with Crippen LogP contribution in [0.25, 0.3) is 33.8 Å². The van der Waals surface area contributed by atoms with Gasteiger partial charge in [-0.2, -0.15) is 5.21 Å². The second-order valence-electron chi connectivity index (χ2n) is 9.56. The van der Waals surface area contributed by atoms with Gasteiger partial charge in [0.25, 0.3) is 0 Å². The summed E-state index contributed by atoms with van der Waals surface area (Å²) in [6.45, 7) is 5.90. The molecule has 0 aliphatic carbocycles. The number of aromatic amines is 1. The molecule has 0 aliphatic rings. The Hall–Kier alpha value is -4.40.